The molecule has 2 aromatic carbocycles. The second kappa shape index (κ2) is 6.56. The van der Waals surface area contributed by atoms with Gasteiger partial charge >= 0.3 is 0 Å². The second-order valence-corrected chi connectivity index (χ2v) is 6.07. The van der Waals surface area contributed by atoms with E-state index in [1.54, 1.807) is 0 Å². The third kappa shape index (κ3) is 3.62. The van der Waals surface area contributed by atoms with Crippen LogP contribution in [0.5, 0.6) is 0 Å². The SMILES string of the molecule is CN(CC1CCCO1)CC(N)c1ccc2ccccc2c1. The van der Waals surface area contributed by atoms with Gasteiger partial charge in [-0.1, -0.05) is 36.4 Å². The molecule has 1 saturated heterocycles. The van der Waals surface area contributed by atoms with Crippen LogP contribution in [0.2, 0.25) is 0 Å². The quantitative estimate of drug-likeness (QED) is 0.917. The lowest BCUT2D eigenvalue weighted by atomic mass is 10.0. The number of nitrogens with zero attached hydrogens (tertiary/aromatic N) is 1. The van der Waals surface area contributed by atoms with Crippen molar-refractivity contribution < 1.29 is 4.74 Å². The van der Waals surface area contributed by atoms with Crippen molar-refractivity contribution in [3.8, 4) is 0 Å². The Morgan fingerprint density at radius 3 is 2.81 bits per heavy atom. The van der Waals surface area contributed by atoms with Gasteiger partial charge in [0.25, 0.3) is 0 Å². The van der Waals surface area contributed by atoms with E-state index in [0.717, 1.165) is 19.7 Å². The third-order valence-corrected chi connectivity index (χ3v) is 4.25. The van der Waals surface area contributed by atoms with Crippen LogP contribution in [0, 0.1) is 0 Å². The largest absolute Gasteiger partial charge is 0.377 e. The van der Waals surface area contributed by atoms with Crippen LogP contribution in [0.25, 0.3) is 10.8 Å². The molecule has 0 amide bonds. The zero-order chi connectivity index (χ0) is 14.7. The topological polar surface area (TPSA) is 38.5 Å². The summed E-state index contributed by atoms with van der Waals surface area (Å²) >= 11 is 0. The fourth-order valence-electron chi connectivity index (χ4n) is 3.09. The molecule has 1 fully saturated rings. The zero-order valence-corrected chi connectivity index (χ0v) is 12.7. The van der Waals surface area contributed by atoms with Crippen LogP contribution in [0.3, 0.4) is 0 Å². The van der Waals surface area contributed by atoms with Crippen LogP contribution in [0.15, 0.2) is 42.5 Å². The first-order valence-electron chi connectivity index (χ1n) is 7.77. The molecule has 2 N–H and O–H groups in total. The molecule has 0 spiro atoms. The van der Waals surface area contributed by atoms with Gasteiger partial charge in [-0.15, -0.1) is 0 Å². The minimum absolute atomic E-state index is 0.0426. The number of fused-ring (bicyclic) bond motifs is 1. The Labute approximate surface area is 126 Å². The average Bonchev–Trinajstić information content (AvgIpc) is 2.99. The molecule has 0 radical (unpaired) electrons. The molecule has 0 bridgehead atoms. The standard InChI is InChI=1S/C18H24N2O/c1-20(12-17-7-4-10-21-17)13-18(19)16-9-8-14-5-2-3-6-15(14)11-16/h2-3,5-6,8-9,11,17-18H,4,7,10,12-13,19H2,1H3. The molecule has 3 nitrogen and oxygen atoms in total. The Balaban J connectivity index is 1.63. The number of likely N-dealkylation sites (N-methyl/N-ethyl adjacent to an activating group) is 1. The second-order valence-electron chi connectivity index (χ2n) is 6.07. The zero-order valence-electron chi connectivity index (χ0n) is 12.7. The highest BCUT2D eigenvalue weighted by Gasteiger charge is 2.18. The fourth-order valence-corrected chi connectivity index (χ4v) is 3.09. The van der Waals surface area contributed by atoms with Crippen LogP contribution in [-0.4, -0.2) is 37.7 Å². The van der Waals surface area contributed by atoms with E-state index in [4.69, 9.17) is 10.5 Å². The first-order chi connectivity index (χ1) is 10.2. The van der Waals surface area contributed by atoms with Crippen LogP contribution < -0.4 is 5.73 Å². The normalized spacial score (nSPS) is 20.2. The van der Waals surface area contributed by atoms with Gasteiger partial charge in [0.15, 0.2) is 0 Å². The molecule has 2 atom stereocenters. The molecule has 1 heterocycles. The molecule has 0 aromatic heterocycles. The molecule has 3 rings (SSSR count). The minimum Gasteiger partial charge on any atom is -0.377 e. The van der Waals surface area contributed by atoms with Crippen molar-refractivity contribution in [3.63, 3.8) is 0 Å². The van der Waals surface area contributed by atoms with Gasteiger partial charge in [-0.2, -0.15) is 0 Å². The van der Waals surface area contributed by atoms with Gasteiger partial charge in [-0.3, -0.25) is 0 Å². The molecule has 112 valence electrons. The van der Waals surface area contributed by atoms with Gasteiger partial charge in [0.2, 0.25) is 0 Å². The summed E-state index contributed by atoms with van der Waals surface area (Å²) in [6, 6.07) is 15.0. The number of rotatable bonds is 5. The molecule has 1 aliphatic rings. The summed E-state index contributed by atoms with van der Waals surface area (Å²) in [5, 5.41) is 2.52. The summed E-state index contributed by atoms with van der Waals surface area (Å²) in [5.74, 6) is 0. The fraction of sp³-hybridized carbons (Fsp3) is 0.444. The molecule has 0 aliphatic carbocycles. The maximum atomic E-state index is 6.38. The Morgan fingerprint density at radius 1 is 1.24 bits per heavy atom. The predicted molar refractivity (Wildman–Crippen MR) is 87.3 cm³/mol. The summed E-state index contributed by atoms with van der Waals surface area (Å²) in [4.78, 5) is 2.29. The lowest BCUT2D eigenvalue weighted by Crippen LogP contribution is -2.34. The molecule has 21 heavy (non-hydrogen) atoms. The monoisotopic (exact) mass is 284 g/mol. The molecule has 2 unspecified atom stereocenters. The predicted octanol–water partition coefficient (Wildman–Crippen LogP) is 2.95. The van der Waals surface area contributed by atoms with Crippen LogP contribution in [-0.2, 0) is 4.74 Å². The Kier molecular flexibility index (Phi) is 4.54. The van der Waals surface area contributed by atoms with E-state index in [2.05, 4.69) is 54.4 Å². The van der Waals surface area contributed by atoms with Gasteiger partial charge in [0.1, 0.15) is 0 Å². The Bertz CT molecular complexity index is 593. The van der Waals surface area contributed by atoms with Crippen LogP contribution in [0.4, 0.5) is 0 Å². The summed E-state index contributed by atoms with van der Waals surface area (Å²) in [7, 11) is 2.13. The highest BCUT2D eigenvalue weighted by atomic mass is 16.5. The van der Waals surface area contributed by atoms with Crippen molar-refractivity contribution in [2.45, 2.75) is 25.0 Å². The maximum Gasteiger partial charge on any atom is 0.0702 e. The lowest BCUT2D eigenvalue weighted by Gasteiger charge is -2.24. The average molecular weight is 284 g/mol. The van der Waals surface area contributed by atoms with Crippen molar-refractivity contribution in [1.82, 2.24) is 4.90 Å². The van der Waals surface area contributed by atoms with Gasteiger partial charge in [-0.05, 0) is 42.3 Å². The highest BCUT2D eigenvalue weighted by Crippen LogP contribution is 2.20. The summed E-state index contributed by atoms with van der Waals surface area (Å²) in [6.45, 7) is 2.74. The molecule has 0 saturated carbocycles. The van der Waals surface area contributed by atoms with Crippen molar-refractivity contribution in [2.24, 2.45) is 5.73 Å². The number of hydrogen-bond acceptors (Lipinski definition) is 3. The molecular weight excluding hydrogens is 260 g/mol. The minimum atomic E-state index is 0.0426. The first kappa shape index (κ1) is 14.5. The highest BCUT2D eigenvalue weighted by molar-refractivity contribution is 5.83. The van der Waals surface area contributed by atoms with Gasteiger partial charge < -0.3 is 15.4 Å². The van der Waals surface area contributed by atoms with E-state index in [1.807, 2.05) is 0 Å². The van der Waals surface area contributed by atoms with Crippen molar-refractivity contribution >= 4 is 10.8 Å². The van der Waals surface area contributed by atoms with Gasteiger partial charge in [-0.25, -0.2) is 0 Å². The van der Waals surface area contributed by atoms with E-state index in [9.17, 15) is 0 Å². The number of benzene rings is 2. The Hall–Kier alpha value is -1.42. The number of ether oxygens (including phenoxy) is 1. The van der Waals surface area contributed by atoms with E-state index in [1.165, 1.54) is 29.2 Å². The molecular formula is C18H24N2O. The van der Waals surface area contributed by atoms with Crippen molar-refractivity contribution in [1.29, 1.82) is 0 Å². The molecule has 3 heteroatoms. The van der Waals surface area contributed by atoms with E-state index >= 15 is 0 Å². The van der Waals surface area contributed by atoms with E-state index in [0.29, 0.717) is 6.10 Å². The maximum absolute atomic E-state index is 6.38. The number of hydrogen-bond donors (Lipinski definition) is 1. The van der Waals surface area contributed by atoms with Crippen LogP contribution >= 0.6 is 0 Å². The van der Waals surface area contributed by atoms with Crippen molar-refractivity contribution in [2.75, 3.05) is 26.7 Å². The molecule has 2 aromatic rings. The first-order valence-corrected chi connectivity index (χ1v) is 7.77. The molecule has 1 aliphatic heterocycles. The summed E-state index contributed by atoms with van der Waals surface area (Å²) in [5.41, 5.74) is 7.58. The lowest BCUT2D eigenvalue weighted by molar-refractivity contribution is 0.0796. The number of nitrogens with two attached hydrogens (primary N) is 1. The van der Waals surface area contributed by atoms with Crippen LogP contribution in [0.1, 0.15) is 24.4 Å². The van der Waals surface area contributed by atoms with Gasteiger partial charge in [0, 0.05) is 25.7 Å². The van der Waals surface area contributed by atoms with E-state index in [-0.39, 0.29) is 6.04 Å². The summed E-state index contributed by atoms with van der Waals surface area (Å²) < 4.78 is 5.69. The van der Waals surface area contributed by atoms with Gasteiger partial charge in [0.05, 0.1) is 6.10 Å². The Morgan fingerprint density at radius 2 is 2.05 bits per heavy atom. The smallest absolute Gasteiger partial charge is 0.0702 e. The summed E-state index contributed by atoms with van der Waals surface area (Å²) in [6.07, 6.45) is 2.75. The van der Waals surface area contributed by atoms with Crippen molar-refractivity contribution in [3.05, 3.63) is 48.0 Å². The third-order valence-electron chi connectivity index (χ3n) is 4.25. The van der Waals surface area contributed by atoms with E-state index < -0.39 is 0 Å².